The summed E-state index contributed by atoms with van der Waals surface area (Å²) in [5.74, 6) is 1.23. The second-order valence-corrected chi connectivity index (χ2v) is 5.36. The third-order valence-corrected chi connectivity index (χ3v) is 4.24. The van der Waals surface area contributed by atoms with Gasteiger partial charge in [0.25, 0.3) is 0 Å². The Hall–Kier alpha value is -1.15. The van der Waals surface area contributed by atoms with E-state index in [2.05, 4.69) is 0 Å². The molecule has 0 aromatic heterocycles. The van der Waals surface area contributed by atoms with Crippen LogP contribution in [0.2, 0.25) is 0 Å². The average Bonchev–Trinajstić information content (AvgIpc) is 2.90. The fraction of sp³-hybridized carbons (Fsp3) is 0.500. The highest BCUT2D eigenvalue weighted by atomic mass is 16.1. The number of Topliss-reactive ketones (excluding diaryl/α,β-unsaturated/α-hetero) is 1. The molecule has 2 heterocycles. The van der Waals surface area contributed by atoms with E-state index in [-0.39, 0.29) is 0 Å². The van der Waals surface area contributed by atoms with Gasteiger partial charge in [0.05, 0.1) is 19.6 Å². The van der Waals surface area contributed by atoms with E-state index in [0.717, 1.165) is 22.5 Å². The topological polar surface area (TPSA) is 17.1 Å². The molecule has 2 nitrogen and oxygen atoms in total. The molecular formula is C14H18NO+. The maximum absolute atomic E-state index is 12.2. The minimum atomic E-state index is 0.322. The van der Waals surface area contributed by atoms with E-state index in [1.165, 1.54) is 32.5 Å². The molecule has 0 N–H and O–H groups in total. The Balaban J connectivity index is 1.74. The molecule has 2 aliphatic heterocycles. The zero-order chi connectivity index (χ0) is 11.0. The molecule has 16 heavy (non-hydrogen) atoms. The third-order valence-electron chi connectivity index (χ3n) is 4.24. The van der Waals surface area contributed by atoms with E-state index in [0.29, 0.717) is 5.78 Å². The number of benzene rings is 1. The van der Waals surface area contributed by atoms with E-state index >= 15 is 0 Å². The van der Waals surface area contributed by atoms with Crippen molar-refractivity contribution in [2.24, 2.45) is 5.92 Å². The molecule has 2 bridgehead atoms. The summed E-state index contributed by atoms with van der Waals surface area (Å²) in [6, 6.07) is 9.73. The summed E-state index contributed by atoms with van der Waals surface area (Å²) in [6.07, 6.45) is 2.67. The van der Waals surface area contributed by atoms with Gasteiger partial charge in [-0.3, -0.25) is 4.79 Å². The SMILES string of the molecule is O=C(C[N+]12CCC(CC1)C2)c1ccccc1. The smallest absolute Gasteiger partial charge is 0.216 e. The summed E-state index contributed by atoms with van der Waals surface area (Å²) < 4.78 is 1.07. The summed E-state index contributed by atoms with van der Waals surface area (Å²) in [5, 5.41) is 0. The molecule has 3 rings (SSSR count). The Morgan fingerprint density at radius 2 is 1.88 bits per heavy atom. The van der Waals surface area contributed by atoms with Crippen molar-refractivity contribution in [1.29, 1.82) is 0 Å². The molecule has 0 amide bonds. The van der Waals surface area contributed by atoms with Crippen molar-refractivity contribution in [3.63, 3.8) is 0 Å². The normalized spacial score (nSPS) is 31.9. The number of piperidine rings is 1. The lowest BCUT2D eigenvalue weighted by molar-refractivity contribution is -0.900. The van der Waals surface area contributed by atoms with Gasteiger partial charge in [0.1, 0.15) is 6.54 Å². The van der Waals surface area contributed by atoms with Crippen molar-refractivity contribution < 1.29 is 9.28 Å². The Labute approximate surface area is 96.5 Å². The lowest BCUT2D eigenvalue weighted by Gasteiger charge is -2.30. The number of rotatable bonds is 3. The predicted molar refractivity (Wildman–Crippen MR) is 63.2 cm³/mol. The van der Waals surface area contributed by atoms with Crippen molar-refractivity contribution in [1.82, 2.24) is 0 Å². The fourth-order valence-corrected chi connectivity index (χ4v) is 3.32. The summed E-state index contributed by atoms with van der Waals surface area (Å²) in [5.41, 5.74) is 0.880. The van der Waals surface area contributed by atoms with Crippen molar-refractivity contribution in [2.75, 3.05) is 26.2 Å². The van der Waals surface area contributed by atoms with Crippen LogP contribution in [0.1, 0.15) is 23.2 Å². The van der Waals surface area contributed by atoms with Gasteiger partial charge in [0, 0.05) is 24.3 Å². The first-order valence-corrected chi connectivity index (χ1v) is 6.21. The second kappa shape index (κ2) is 3.70. The monoisotopic (exact) mass is 216 g/mol. The molecule has 2 aliphatic rings. The number of ketones is 1. The number of hydrogen-bond acceptors (Lipinski definition) is 1. The molecular weight excluding hydrogens is 198 g/mol. The number of carbonyl (C=O) groups is 1. The summed E-state index contributed by atoms with van der Waals surface area (Å²) >= 11 is 0. The molecule has 0 unspecified atom stereocenters. The maximum Gasteiger partial charge on any atom is 0.216 e. The minimum Gasteiger partial charge on any atom is -0.317 e. The first-order valence-electron chi connectivity index (χ1n) is 6.21. The average molecular weight is 216 g/mol. The van der Waals surface area contributed by atoms with Gasteiger partial charge >= 0.3 is 0 Å². The molecule has 1 aromatic carbocycles. The number of carbonyl (C=O) groups excluding carboxylic acids is 1. The largest absolute Gasteiger partial charge is 0.317 e. The quantitative estimate of drug-likeness (QED) is 0.558. The van der Waals surface area contributed by atoms with Gasteiger partial charge in [-0.15, -0.1) is 0 Å². The van der Waals surface area contributed by atoms with Gasteiger partial charge in [0.2, 0.25) is 5.78 Å². The van der Waals surface area contributed by atoms with Crippen molar-refractivity contribution in [3.05, 3.63) is 35.9 Å². The zero-order valence-electron chi connectivity index (χ0n) is 9.56. The van der Waals surface area contributed by atoms with Crippen molar-refractivity contribution in [3.8, 4) is 0 Å². The van der Waals surface area contributed by atoms with Gasteiger partial charge in [-0.1, -0.05) is 30.3 Å². The van der Waals surface area contributed by atoms with Crippen LogP contribution in [0.4, 0.5) is 0 Å². The lowest BCUT2D eigenvalue weighted by atomic mass is 10.1. The minimum absolute atomic E-state index is 0.322. The van der Waals surface area contributed by atoms with Crippen LogP contribution in [0.25, 0.3) is 0 Å². The second-order valence-electron chi connectivity index (χ2n) is 5.36. The van der Waals surface area contributed by atoms with Crippen LogP contribution in [-0.4, -0.2) is 36.4 Å². The molecule has 0 radical (unpaired) electrons. The van der Waals surface area contributed by atoms with Gasteiger partial charge < -0.3 is 4.48 Å². The lowest BCUT2D eigenvalue weighted by Crippen LogP contribution is -2.47. The fourth-order valence-electron chi connectivity index (χ4n) is 3.32. The number of quaternary nitrogens is 1. The summed E-state index contributed by atoms with van der Waals surface area (Å²) in [7, 11) is 0. The third kappa shape index (κ3) is 1.67. The first kappa shape index (κ1) is 10.0. The molecule has 84 valence electrons. The first-order chi connectivity index (χ1) is 7.77. The molecule has 1 aromatic rings. The van der Waals surface area contributed by atoms with E-state index in [1.54, 1.807) is 0 Å². The standard InChI is InChI=1S/C14H18NO/c16-14(13-4-2-1-3-5-13)11-15-8-6-12(10-15)7-9-15/h1-5,12H,6-11H2/q+1. The maximum atomic E-state index is 12.2. The van der Waals surface area contributed by atoms with Gasteiger partial charge in [0.15, 0.2) is 0 Å². The number of nitrogens with zero attached hydrogens (tertiary/aromatic N) is 1. The van der Waals surface area contributed by atoms with Crippen LogP contribution < -0.4 is 0 Å². The van der Waals surface area contributed by atoms with Crippen LogP contribution in [0.5, 0.6) is 0 Å². The van der Waals surface area contributed by atoms with Crippen LogP contribution in [0.3, 0.4) is 0 Å². The Bertz CT molecular complexity index is 390. The van der Waals surface area contributed by atoms with Gasteiger partial charge in [-0.05, 0) is 0 Å². The zero-order valence-corrected chi connectivity index (χ0v) is 9.56. The number of fused-ring (bicyclic) bond motifs is 2. The Kier molecular flexibility index (Phi) is 2.32. The molecule has 0 spiro atoms. The van der Waals surface area contributed by atoms with Crippen LogP contribution in [0.15, 0.2) is 30.3 Å². The van der Waals surface area contributed by atoms with Gasteiger partial charge in [-0.25, -0.2) is 0 Å². The molecule has 2 fully saturated rings. The van der Waals surface area contributed by atoms with Gasteiger partial charge in [-0.2, -0.15) is 0 Å². The molecule has 2 heteroatoms. The van der Waals surface area contributed by atoms with E-state index in [9.17, 15) is 4.79 Å². The summed E-state index contributed by atoms with van der Waals surface area (Å²) in [4.78, 5) is 12.2. The Morgan fingerprint density at radius 1 is 1.19 bits per heavy atom. The van der Waals surface area contributed by atoms with Crippen molar-refractivity contribution >= 4 is 5.78 Å². The molecule has 0 aliphatic carbocycles. The van der Waals surface area contributed by atoms with Crippen molar-refractivity contribution in [2.45, 2.75) is 12.8 Å². The summed E-state index contributed by atoms with van der Waals surface area (Å²) in [6.45, 7) is 4.42. The highest BCUT2D eigenvalue weighted by molar-refractivity contribution is 5.96. The number of hydrogen-bond donors (Lipinski definition) is 0. The molecule has 0 saturated carbocycles. The highest BCUT2D eigenvalue weighted by Crippen LogP contribution is 2.35. The van der Waals surface area contributed by atoms with Crippen LogP contribution in [0, 0.1) is 5.92 Å². The predicted octanol–water partition coefficient (Wildman–Crippen LogP) is 2.11. The van der Waals surface area contributed by atoms with Crippen LogP contribution >= 0.6 is 0 Å². The van der Waals surface area contributed by atoms with E-state index < -0.39 is 0 Å². The molecule has 2 saturated heterocycles. The van der Waals surface area contributed by atoms with E-state index in [4.69, 9.17) is 0 Å². The molecule has 0 atom stereocenters. The highest BCUT2D eigenvalue weighted by Gasteiger charge is 2.45. The van der Waals surface area contributed by atoms with Crippen LogP contribution in [-0.2, 0) is 0 Å². The van der Waals surface area contributed by atoms with E-state index in [1.807, 2.05) is 30.3 Å². The Morgan fingerprint density at radius 3 is 2.44 bits per heavy atom.